The Bertz CT molecular complexity index is 980. The van der Waals surface area contributed by atoms with Crippen molar-refractivity contribution >= 4 is 28.3 Å². The van der Waals surface area contributed by atoms with Gasteiger partial charge in [-0.3, -0.25) is 14.9 Å². The highest BCUT2D eigenvalue weighted by atomic mass is 32.1. The Morgan fingerprint density at radius 2 is 2.11 bits per heavy atom. The molecule has 27 heavy (non-hydrogen) atoms. The van der Waals surface area contributed by atoms with Gasteiger partial charge in [0.2, 0.25) is 5.91 Å². The summed E-state index contributed by atoms with van der Waals surface area (Å²) in [6.45, 7) is 2.89. The zero-order chi connectivity index (χ0) is 18.8. The Kier molecular flexibility index (Phi) is 4.72. The normalized spacial score (nSPS) is 13.3. The number of amides is 2. The fraction of sp³-hybridized carbons (Fsp3) is 0.263. The summed E-state index contributed by atoms with van der Waals surface area (Å²) in [4.78, 5) is 32.1. The minimum atomic E-state index is -0.352. The van der Waals surface area contributed by atoms with E-state index < -0.39 is 0 Å². The summed E-state index contributed by atoms with van der Waals surface area (Å²) in [5, 5.41) is 6.98. The van der Waals surface area contributed by atoms with Gasteiger partial charge in [0.15, 0.2) is 10.8 Å². The number of nitrogens with one attached hydrogen (secondary N) is 1. The van der Waals surface area contributed by atoms with Crippen LogP contribution in [0.4, 0.5) is 5.13 Å². The van der Waals surface area contributed by atoms with Gasteiger partial charge >= 0.3 is 0 Å². The lowest BCUT2D eigenvalue weighted by atomic mass is 10.1. The van der Waals surface area contributed by atoms with Crippen LogP contribution in [0.25, 0.3) is 0 Å². The number of thiazole rings is 1. The quantitative estimate of drug-likeness (QED) is 0.750. The van der Waals surface area contributed by atoms with Crippen molar-refractivity contribution in [1.82, 2.24) is 15.0 Å². The molecule has 0 spiro atoms. The number of nitrogens with zero attached hydrogens (tertiary/aromatic N) is 3. The molecule has 0 atom stereocenters. The van der Waals surface area contributed by atoms with Crippen molar-refractivity contribution in [2.75, 3.05) is 11.9 Å². The van der Waals surface area contributed by atoms with Gasteiger partial charge in [-0.05, 0) is 12.5 Å². The van der Waals surface area contributed by atoms with E-state index in [1.165, 1.54) is 11.3 Å². The molecule has 4 rings (SSSR count). The van der Waals surface area contributed by atoms with Gasteiger partial charge in [-0.2, -0.15) is 0 Å². The van der Waals surface area contributed by atoms with E-state index in [-0.39, 0.29) is 17.5 Å². The highest BCUT2D eigenvalue weighted by Crippen LogP contribution is 2.29. The first kappa shape index (κ1) is 17.4. The highest BCUT2D eigenvalue weighted by Gasteiger charge is 2.25. The Morgan fingerprint density at radius 3 is 2.85 bits per heavy atom. The monoisotopic (exact) mass is 382 g/mol. The van der Waals surface area contributed by atoms with Crippen molar-refractivity contribution in [3.63, 3.8) is 0 Å². The van der Waals surface area contributed by atoms with Crippen molar-refractivity contribution in [2.24, 2.45) is 0 Å². The summed E-state index contributed by atoms with van der Waals surface area (Å²) < 4.78 is 4.92. The van der Waals surface area contributed by atoms with Crippen LogP contribution in [-0.4, -0.2) is 33.4 Å². The van der Waals surface area contributed by atoms with E-state index in [0.29, 0.717) is 36.8 Å². The number of aromatic nitrogens is 2. The van der Waals surface area contributed by atoms with Crippen LogP contribution < -0.4 is 5.32 Å². The minimum absolute atomic E-state index is 0.101. The summed E-state index contributed by atoms with van der Waals surface area (Å²) in [5.74, 6) is 0.324. The van der Waals surface area contributed by atoms with Crippen LogP contribution in [0.15, 0.2) is 40.9 Å². The van der Waals surface area contributed by atoms with E-state index in [0.717, 1.165) is 16.1 Å². The van der Waals surface area contributed by atoms with Gasteiger partial charge in [0.1, 0.15) is 5.76 Å². The number of carbonyl (C=O) groups excluding carboxylic acids is 2. The van der Waals surface area contributed by atoms with E-state index in [1.807, 2.05) is 35.2 Å². The van der Waals surface area contributed by atoms with Crippen molar-refractivity contribution in [2.45, 2.75) is 26.3 Å². The molecule has 0 saturated heterocycles. The Balaban J connectivity index is 1.41. The van der Waals surface area contributed by atoms with Crippen LogP contribution >= 0.6 is 11.3 Å². The Hall–Kier alpha value is -3.00. The van der Waals surface area contributed by atoms with Crippen LogP contribution in [0.3, 0.4) is 0 Å². The molecule has 1 aliphatic heterocycles. The lowest BCUT2D eigenvalue weighted by molar-refractivity contribution is -0.131. The molecule has 138 valence electrons. The predicted molar refractivity (Wildman–Crippen MR) is 101 cm³/mol. The van der Waals surface area contributed by atoms with Gasteiger partial charge < -0.3 is 9.42 Å². The second kappa shape index (κ2) is 7.32. The number of anilines is 1. The van der Waals surface area contributed by atoms with E-state index in [4.69, 9.17) is 4.52 Å². The molecule has 1 aliphatic rings. The standard InChI is InChI=1S/C19H18N4O3S/c1-12-9-15(22-26-12)18(25)21-19-20-14-7-8-23(11-16(14)27-19)17(24)10-13-5-3-2-4-6-13/h2-6,9H,7-8,10-11H2,1H3,(H,20,21,25). The number of carbonyl (C=O) groups is 2. The third-order valence-electron chi connectivity index (χ3n) is 4.36. The maximum atomic E-state index is 12.6. The predicted octanol–water partition coefficient (Wildman–Crippen LogP) is 2.82. The first-order chi connectivity index (χ1) is 13.1. The molecule has 3 heterocycles. The largest absolute Gasteiger partial charge is 0.361 e. The molecule has 0 bridgehead atoms. The van der Waals surface area contributed by atoms with E-state index in [2.05, 4.69) is 15.5 Å². The molecule has 2 amide bonds. The number of hydrogen-bond acceptors (Lipinski definition) is 6. The third-order valence-corrected chi connectivity index (χ3v) is 5.36. The molecule has 1 aromatic carbocycles. The van der Waals surface area contributed by atoms with Gasteiger partial charge in [-0.1, -0.05) is 46.8 Å². The maximum absolute atomic E-state index is 12.6. The number of rotatable bonds is 4. The SMILES string of the molecule is Cc1cc(C(=O)Nc2nc3c(s2)CN(C(=O)Cc2ccccc2)CC3)no1. The summed E-state index contributed by atoms with van der Waals surface area (Å²) in [5.41, 5.74) is 2.17. The second-order valence-electron chi connectivity index (χ2n) is 6.39. The molecule has 2 aromatic heterocycles. The number of hydrogen-bond donors (Lipinski definition) is 1. The number of fused-ring (bicyclic) bond motifs is 1. The first-order valence-corrected chi connectivity index (χ1v) is 9.45. The average molecular weight is 382 g/mol. The van der Waals surface area contributed by atoms with E-state index in [1.54, 1.807) is 13.0 Å². The molecule has 1 N–H and O–H groups in total. The topological polar surface area (TPSA) is 88.3 Å². The van der Waals surface area contributed by atoms with Crippen LogP contribution in [-0.2, 0) is 24.2 Å². The molecule has 0 saturated carbocycles. The smallest absolute Gasteiger partial charge is 0.279 e. The van der Waals surface area contributed by atoms with Gasteiger partial charge in [-0.25, -0.2) is 4.98 Å². The fourth-order valence-electron chi connectivity index (χ4n) is 2.98. The van der Waals surface area contributed by atoms with Crippen molar-refractivity contribution in [1.29, 1.82) is 0 Å². The molecule has 0 radical (unpaired) electrons. The molecular weight excluding hydrogens is 364 g/mol. The van der Waals surface area contributed by atoms with Crippen molar-refractivity contribution < 1.29 is 14.1 Å². The Labute approximate surface area is 160 Å². The summed E-state index contributed by atoms with van der Waals surface area (Å²) in [7, 11) is 0. The molecule has 0 unspecified atom stereocenters. The van der Waals surface area contributed by atoms with Crippen molar-refractivity contribution in [3.05, 3.63) is 64.0 Å². The van der Waals surface area contributed by atoms with Crippen LogP contribution in [0.1, 0.15) is 32.4 Å². The fourth-order valence-corrected chi connectivity index (χ4v) is 4.00. The molecule has 8 heteroatoms. The van der Waals surface area contributed by atoms with E-state index >= 15 is 0 Å². The third kappa shape index (κ3) is 3.90. The zero-order valence-electron chi connectivity index (χ0n) is 14.8. The molecule has 7 nitrogen and oxygen atoms in total. The zero-order valence-corrected chi connectivity index (χ0v) is 15.6. The molecule has 0 fully saturated rings. The van der Waals surface area contributed by atoms with Crippen LogP contribution in [0.2, 0.25) is 0 Å². The summed E-state index contributed by atoms with van der Waals surface area (Å²) in [6.07, 6.45) is 1.08. The van der Waals surface area contributed by atoms with Gasteiger partial charge in [0.25, 0.3) is 5.91 Å². The minimum Gasteiger partial charge on any atom is -0.361 e. The summed E-state index contributed by atoms with van der Waals surface area (Å²) >= 11 is 1.40. The number of benzene rings is 1. The average Bonchev–Trinajstić information content (AvgIpc) is 3.27. The lowest BCUT2D eigenvalue weighted by Gasteiger charge is -2.26. The molecule has 0 aliphatic carbocycles. The summed E-state index contributed by atoms with van der Waals surface area (Å²) in [6, 6.07) is 11.3. The lowest BCUT2D eigenvalue weighted by Crippen LogP contribution is -2.36. The van der Waals surface area contributed by atoms with Crippen molar-refractivity contribution in [3.8, 4) is 0 Å². The molecule has 3 aromatic rings. The Morgan fingerprint density at radius 1 is 1.30 bits per heavy atom. The van der Waals surface area contributed by atoms with Gasteiger partial charge in [0.05, 0.1) is 18.7 Å². The van der Waals surface area contributed by atoms with Gasteiger partial charge in [-0.15, -0.1) is 0 Å². The first-order valence-electron chi connectivity index (χ1n) is 8.63. The van der Waals surface area contributed by atoms with Gasteiger partial charge in [0, 0.05) is 23.9 Å². The highest BCUT2D eigenvalue weighted by molar-refractivity contribution is 7.15. The number of aryl methyl sites for hydroxylation is 1. The second-order valence-corrected chi connectivity index (χ2v) is 7.48. The van der Waals surface area contributed by atoms with Crippen LogP contribution in [0, 0.1) is 6.92 Å². The maximum Gasteiger partial charge on any atom is 0.279 e. The molecular formula is C19H18N4O3S. The van der Waals surface area contributed by atoms with E-state index in [9.17, 15) is 9.59 Å². The van der Waals surface area contributed by atoms with Crippen LogP contribution in [0.5, 0.6) is 0 Å².